The summed E-state index contributed by atoms with van der Waals surface area (Å²) >= 11 is 1.52. The van der Waals surface area contributed by atoms with Crippen molar-refractivity contribution in [1.82, 2.24) is 10.2 Å². The monoisotopic (exact) mass is 424 g/mol. The third-order valence-electron chi connectivity index (χ3n) is 5.63. The number of amides is 2. The van der Waals surface area contributed by atoms with Gasteiger partial charge >= 0.3 is 0 Å². The second kappa shape index (κ2) is 11.2. The van der Waals surface area contributed by atoms with Crippen molar-refractivity contribution < 1.29 is 9.59 Å². The number of rotatable bonds is 9. The highest BCUT2D eigenvalue weighted by Gasteiger charge is 2.30. The molecule has 0 bridgehead atoms. The quantitative estimate of drug-likeness (QED) is 0.579. The van der Waals surface area contributed by atoms with Crippen LogP contribution in [0.1, 0.15) is 50.2 Å². The van der Waals surface area contributed by atoms with Gasteiger partial charge in [-0.2, -0.15) is 0 Å². The summed E-state index contributed by atoms with van der Waals surface area (Å²) in [5.74, 6) is 0.303. The van der Waals surface area contributed by atoms with Crippen molar-refractivity contribution in [3.63, 3.8) is 0 Å². The summed E-state index contributed by atoms with van der Waals surface area (Å²) in [5.41, 5.74) is 2.21. The van der Waals surface area contributed by atoms with E-state index in [1.165, 1.54) is 24.6 Å². The van der Waals surface area contributed by atoms with Crippen LogP contribution in [-0.4, -0.2) is 34.6 Å². The molecule has 0 radical (unpaired) electrons. The third-order valence-corrected chi connectivity index (χ3v) is 6.63. The summed E-state index contributed by atoms with van der Waals surface area (Å²) in [4.78, 5) is 29.2. The molecule has 1 aliphatic carbocycles. The fraction of sp³-hybridized carbons (Fsp3) is 0.440. The number of benzene rings is 2. The molecule has 160 valence electrons. The van der Waals surface area contributed by atoms with Gasteiger partial charge in [0.05, 0.1) is 5.75 Å². The highest BCUT2D eigenvalue weighted by Crippen LogP contribution is 2.22. The lowest BCUT2D eigenvalue weighted by Crippen LogP contribution is -2.51. The number of nitrogens with one attached hydrogen (secondary N) is 1. The molecular weight excluding hydrogens is 392 g/mol. The van der Waals surface area contributed by atoms with E-state index in [-0.39, 0.29) is 17.9 Å². The van der Waals surface area contributed by atoms with Gasteiger partial charge in [0.2, 0.25) is 11.8 Å². The van der Waals surface area contributed by atoms with Crippen molar-refractivity contribution in [2.24, 2.45) is 0 Å². The van der Waals surface area contributed by atoms with E-state index >= 15 is 0 Å². The van der Waals surface area contributed by atoms with Crippen LogP contribution >= 0.6 is 11.8 Å². The maximum Gasteiger partial charge on any atom is 0.243 e. The molecule has 2 amide bonds. The Morgan fingerprint density at radius 2 is 1.83 bits per heavy atom. The van der Waals surface area contributed by atoms with E-state index in [9.17, 15) is 9.59 Å². The Hall–Kier alpha value is -2.27. The van der Waals surface area contributed by atoms with Crippen LogP contribution in [-0.2, 0) is 16.1 Å². The number of carbonyl (C=O) groups is 2. The van der Waals surface area contributed by atoms with E-state index in [0.717, 1.165) is 28.9 Å². The molecule has 2 aromatic rings. The summed E-state index contributed by atoms with van der Waals surface area (Å²) in [6.07, 6.45) is 5.02. The van der Waals surface area contributed by atoms with E-state index in [0.29, 0.717) is 18.7 Å². The highest BCUT2D eigenvalue weighted by atomic mass is 32.2. The predicted molar refractivity (Wildman–Crippen MR) is 123 cm³/mol. The molecule has 1 N–H and O–H groups in total. The molecule has 30 heavy (non-hydrogen) atoms. The first kappa shape index (κ1) is 22.4. The van der Waals surface area contributed by atoms with E-state index in [2.05, 4.69) is 11.4 Å². The van der Waals surface area contributed by atoms with E-state index < -0.39 is 6.04 Å². The molecule has 2 aromatic carbocycles. The van der Waals surface area contributed by atoms with Gasteiger partial charge in [-0.1, -0.05) is 67.8 Å². The SMILES string of the molecule is CCC(C(=O)NC1CCCC1)N(Cc1cccc(C)c1)C(=O)CSc1ccccc1. The molecule has 0 saturated heterocycles. The second-order valence-corrected chi connectivity index (χ2v) is 9.08. The van der Waals surface area contributed by atoms with Crippen LogP contribution in [0, 0.1) is 6.92 Å². The van der Waals surface area contributed by atoms with E-state index in [1.54, 1.807) is 4.90 Å². The molecular formula is C25H32N2O2S. The molecule has 1 fully saturated rings. The topological polar surface area (TPSA) is 49.4 Å². The number of thioether (sulfide) groups is 1. The molecule has 0 spiro atoms. The van der Waals surface area contributed by atoms with Gasteiger partial charge in [0, 0.05) is 17.5 Å². The first-order chi connectivity index (χ1) is 14.6. The number of hydrogen-bond donors (Lipinski definition) is 1. The number of nitrogens with zero attached hydrogens (tertiary/aromatic N) is 1. The van der Waals surface area contributed by atoms with Crippen LogP contribution in [0.5, 0.6) is 0 Å². The van der Waals surface area contributed by atoms with Crippen LogP contribution in [0.15, 0.2) is 59.5 Å². The predicted octanol–water partition coefficient (Wildman–Crippen LogP) is 4.95. The molecule has 5 heteroatoms. The highest BCUT2D eigenvalue weighted by molar-refractivity contribution is 8.00. The fourth-order valence-electron chi connectivity index (χ4n) is 4.04. The Morgan fingerprint density at radius 1 is 1.10 bits per heavy atom. The van der Waals surface area contributed by atoms with Gasteiger partial charge in [0.1, 0.15) is 6.04 Å². The van der Waals surface area contributed by atoms with Gasteiger partial charge in [-0.15, -0.1) is 11.8 Å². The molecule has 1 atom stereocenters. The molecule has 0 aliphatic heterocycles. The average Bonchev–Trinajstić information content (AvgIpc) is 3.25. The summed E-state index contributed by atoms with van der Waals surface area (Å²) in [5, 5.41) is 3.20. The van der Waals surface area contributed by atoms with Crippen molar-refractivity contribution in [3.05, 3.63) is 65.7 Å². The van der Waals surface area contributed by atoms with Crippen LogP contribution < -0.4 is 5.32 Å². The second-order valence-electron chi connectivity index (χ2n) is 8.03. The maximum atomic E-state index is 13.3. The minimum absolute atomic E-state index is 0.00113. The van der Waals surface area contributed by atoms with Gasteiger partial charge < -0.3 is 10.2 Å². The average molecular weight is 425 g/mol. The number of carbonyl (C=O) groups excluding carboxylic acids is 2. The zero-order chi connectivity index (χ0) is 21.3. The molecule has 0 heterocycles. The molecule has 1 unspecified atom stereocenters. The molecule has 0 aromatic heterocycles. The maximum absolute atomic E-state index is 13.3. The first-order valence-electron chi connectivity index (χ1n) is 10.9. The smallest absolute Gasteiger partial charge is 0.243 e. The van der Waals surface area contributed by atoms with Gasteiger partial charge in [-0.3, -0.25) is 9.59 Å². The largest absolute Gasteiger partial charge is 0.352 e. The van der Waals surface area contributed by atoms with Crippen LogP contribution in [0.3, 0.4) is 0 Å². The van der Waals surface area contributed by atoms with Gasteiger partial charge in [-0.05, 0) is 43.9 Å². The van der Waals surface area contributed by atoms with Crippen molar-refractivity contribution >= 4 is 23.6 Å². The molecule has 1 saturated carbocycles. The standard InChI is InChI=1S/C25H32N2O2S/c1-3-23(25(29)26-21-12-7-8-13-21)27(17-20-11-9-10-19(2)16-20)24(28)18-30-22-14-5-4-6-15-22/h4-6,9-11,14-16,21,23H,3,7-8,12-13,17-18H2,1-2H3,(H,26,29). The Morgan fingerprint density at radius 3 is 2.50 bits per heavy atom. The lowest BCUT2D eigenvalue weighted by atomic mass is 10.1. The van der Waals surface area contributed by atoms with Crippen LogP contribution in [0.2, 0.25) is 0 Å². The van der Waals surface area contributed by atoms with Gasteiger partial charge in [0.15, 0.2) is 0 Å². The van der Waals surface area contributed by atoms with Crippen LogP contribution in [0.4, 0.5) is 0 Å². The fourth-order valence-corrected chi connectivity index (χ4v) is 4.84. The summed E-state index contributed by atoms with van der Waals surface area (Å²) < 4.78 is 0. The Balaban J connectivity index is 1.75. The zero-order valence-electron chi connectivity index (χ0n) is 18.0. The molecule has 3 rings (SSSR count). The lowest BCUT2D eigenvalue weighted by Gasteiger charge is -2.31. The minimum atomic E-state index is -0.449. The third kappa shape index (κ3) is 6.36. The zero-order valence-corrected chi connectivity index (χ0v) is 18.8. The lowest BCUT2D eigenvalue weighted by molar-refractivity contribution is -0.139. The van der Waals surface area contributed by atoms with E-state index in [4.69, 9.17) is 0 Å². The van der Waals surface area contributed by atoms with Crippen molar-refractivity contribution in [3.8, 4) is 0 Å². The van der Waals surface area contributed by atoms with Gasteiger partial charge in [0.25, 0.3) is 0 Å². The molecule has 1 aliphatic rings. The van der Waals surface area contributed by atoms with Crippen molar-refractivity contribution in [2.75, 3.05) is 5.75 Å². The number of aryl methyl sites for hydroxylation is 1. The summed E-state index contributed by atoms with van der Waals surface area (Å²) in [6, 6.07) is 17.9. The Bertz CT molecular complexity index is 834. The normalized spacial score (nSPS) is 15.0. The molecule has 4 nitrogen and oxygen atoms in total. The minimum Gasteiger partial charge on any atom is -0.352 e. The van der Waals surface area contributed by atoms with Crippen LogP contribution in [0.25, 0.3) is 0 Å². The van der Waals surface area contributed by atoms with Crippen molar-refractivity contribution in [2.45, 2.75) is 69.5 Å². The van der Waals surface area contributed by atoms with Crippen molar-refractivity contribution in [1.29, 1.82) is 0 Å². The Kier molecular flexibility index (Phi) is 8.38. The van der Waals surface area contributed by atoms with E-state index in [1.807, 2.05) is 62.4 Å². The Labute approximate surface area is 184 Å². The summed E-state index contributed by atoms with van der Waals surface area (Å²) in [7, 11) is 0. The first-order valence-corrected chi connectivity index (χ1v) is 11.9. The summed E-state index contributed by atoms with van der Waals surface area (Å²) in [6.45, 7) is 4.48. The van der Waals surface area contributed by atoms with Gasteiger partial charge in [-0.25, -0.2) is 0 Å². The number of hydrogen-bond acceptors (Lipinski definition) is 3.